The number of fused-ring (bicyclic) bond motifs is 1. The number of nitrogens with one attached hydrogen (secondary N) is 1. The Labute approximate surface area is 163 Å². The van der Waals surface area contributed by atoms with Crippen LogP contribution < -0.4 is 15.0 Å². The van der Waals surface area contributed by atoms with Gasteiger partial charge in [0, 0.05) is 24.1 Å². The van der Waals surface area contributed by atoms with E-state index in [1.165, 1.54) is 0 Å². The number of amides is 2. The molecule has 144 valence electrons. The highest BCUT2D eigenvalue weighted by Gasteiger charge is 2.26. The predicted octanol–water partition coefficient (Wildman–Crippen LogP) is 3.23. The predicted molar refractivity (Wildman–Crippen MR) is 107 cm³/mol. The largest absolute Gasteiger partial charge is 0.488 e. The van der Waals surface area contributed by atoms with Gasteiger partial charge in [-0.3, -0.25) is 14.6 Å². The number of aromatic nitrogens is 4. The number of hydrogen-bond donors (Lipinski definition) is 1. The van der Waals surface area contributed by atoms with Crippen LogP contribution in [0.4, 0.5) is 16.3 Å². The summed E-state index contributed by atoms with van der Waals surface area (Å²) in [5.41, 5.74) is 4.94. The maximum Gasteiger partial charge on any atom is 0.327 e. The average Bonchev–Trinajstić information content (AvgIpc) is 2.98. The maximum atomic E-state index is 13.0. The van der Waals surface area contributed by atoms with Gasteiger partial charge in [0.1, 0.15) is 6.61 Å². The van der Waals surface area contributed by atoms with Gasteiger partial charge in [-0.1, -0.05) is 0 Å². The molecule has 1 N–H and O–H groups in total. The lowest BCUT2D eigenvalue weighted by atomic mass is 10.2. The SMILES string of the molecule is Cc1cc(NC(=O)N2CCOc3ccc(-c4cc(C)nn4C)nc32)cc(C)n1. The van der Waals surface area contributed by atoms with E-state index in [1.807, 2.05) is 58.2 Å². The van der Waals surface area contributed by atoms with E-state index >= 15 is 0 Å². The van der Waals surface area contributed by atoms with Crippen LogP contribution in [0.5, 0.6) is 5.75 Å². The molecular weight excluding hydrogens is 356 g/mol. The number of carbonyl (C=O) groups excluding carboxylic acids is 1. The van der Waals surface area contributed by atoms with Gasteiger partial charge in [0.2, 0.25) is 0 Å². The second-order valence-electron chi connectivity index (χ2n) is 6.88. The highest BCUT2D eigenvalue weighted by atomic mass is 16.5. The fraction of sp³-hybridized carbons (Fsp3) is 0.300. The molecule has 0 atom stereocenters. The number of carbonyl (C=O) groups is 1. The summed E-state index contributed by atoms with van der Waals surface area (Å²) in [6.07, 6.45) is 0. The van der Waals surface area contributed by atoms with Crippen molar-refractivity contribution in [2.45, 2.75) is 20.8 Å². The van der Waals surface area contributed by atoms with Crippen LogP contribution in [0.2, 0.25) is 0 Å². The Morgan fingerprint density at radius 2 is 1.82 bits per heavy atom. The normalized spacial score (nSPS) is 13.1. The average molecular weight is 378 g/mol. The number of ether oxygens (including phenoxy) is 1. The molecule has 8 nitrogen and oxygen atoms in total. The summed E-state index contributed by atoms with van der Waals surface area (Å²) in [5.74, 6) is 1.09. The Bertz CT molecular complexity index is 1040. The van der Waals surface area contributed by atoms with Crippen molar-refractivity contribution in [1.82, 2.24) is 19.7 Å². The molecule has 0 saturated heterocycles. The molecule has 4 heterocycles. The van der Waals surface area contributed by atoms with Gasteiger partial charge < -0.3 is 10.1 Å². The number of aryl methyl sites for hydroxylation is 4. The van der Waals surface area contributed by atoms with Gasteiger partial charge in [-0.15, -0.1) is 0 Å². The highest BCUT2D eigenvalue weighted by molar-refractivity contribution is 6.02. The first-order valence-corrected chi connectivity index (χ1v) is 9.09. The minimum atomic E-state index is -0.250. The van der Waals surface area contributed by atoms with E-state index in [4.69, 9.17) is 9.72 Å². The van der Waals surface area contributed by atoms with E-state index < -0.39 is 0 Å². The van der Waals surface area contributed by atoms with Crippen molar-refractivity contribution in [1.29, 1.82) is 0 Å². The van der Waals surface area contributed by atoms with Crippen molar-refractivity contribution < 1.29 is 9.53 Å². The topological polar surface area (TPSA) is 85.2 Å². The summed E-state index contributed by atoms with van der Waals surface area (Å²) in [4.78, 5) is 23.6. The molecule has 0 fully saturated rings. The highest BCUT2D eigenvalue weighted by Crippen LogP contribution is 2.33. The van der Waals surface area contributed by atoms with Crippen molar-refractivity contribution in [3.8, 4) is 17.1 Å². The Morgan fingerprint density at radius 3 is 2.50 bits per heavy atom. The van der Waals surface area contributed by atoms with Crippen molar-refractivity contribution in [3.05, 3.63) is 47.4 Å². The van der Waals surface area contributed by atoms with E-state index in [2.05, 4.69) is 15.4 Å². The number of nitrogens with zero attached hydrogens (tertiary/aromatic N) is 5. The fourth-order valence-corrected chi connectivity index (χ4v) is 3.38. The quantitative estimate of drug-likeness (QED) is 0.740. The van der Waals surface area contributed by atoms with Gasteiger partial charge >= 0.3 is 6.03 Å². The lowest BCUT2D eigenvalue weighted by Gasteiger charge is -2.28. The van der Waals surface area contributed by atoms with Gasteiger partial charge in [-0.2, -0.15) is 5.10 Å². The third-order valence-corrected chi connectivity index (χ3v) is 4.51. The molecule has 0 spiro atoms. The maximum absolute atomic E-state index is 13.0. The molecule has 0 bridgehead atoms. The lowest BCUT2D eigenvalue weighted by molar-refractivity contribution is 0.249. The molecule has 0 radical (unpaired) electrons. The summed E-state index contributed by atoms with van der Waals surface area (Å²) in [6, 6.07) is 9.13. The first-order valence-electron chi connectivity index (χ1n) is 9.09. The van der Waals surface area contributed by atoms with Gasteiger partial charge in [-0.25, -0.2) is 9.78 Å². The minimum absolute atomic E-state index is 0.250. The number of rotatable bonds is 2. The van der Waals surface area contributed by atoms with Crippen LogP contribution in [0.25, 0.3) is 11.4 Å². The number of anilines is 2. The van der Waals surface area contributed by atoms with E-state index in [9.17, 15) is 4.79 Å². The lowest BCUT2D eigenvalue weighted by Crippen LogP contribution is -2.41. The van der Waals surface area contributed by atoms with Crippen LogP contribution >= 0.6 is 0 Å². The van der Waals surface area contributed by atoms with Gasteiger partial charge in [0.15, 0.2) is 11.6 Å². The van der Waals surface area contributed by atoms with Crippen LogP contribution in [-0.4, -0.2) is 38.9 Å². The van der Waals surface area contributed by atoms with Crippen LogP contribution in [-0.2, 0) is 7.05 Å². The van der Waals surface area contributed by atoms with E-state index in [1.54, 1.807) is 9.58 Å². The Morgan fingerprint density at radius 1 is 1.07 bits per heavy atom. The Hall–Kier alpha value is -3.42. The Balaban J connectivity index is 1.66. The molecule has 1 aliphatic rings. The second-order valence-corrected chi connectivity index (χ2v) is 6.88. The van der Waals surface area contributed by atoms with E-state index in [0.29, 0.717) is 30.4 Å². The second kappa shape index (κ2) is 6.95. The molecule has 0 unspecified atom stereocenters. The fourth-order valence-electron chi connectivity index (χ4n) is 3.38. The van der Waals surface area contributed by atoms with Crippen molar-refractivity contribution >= 4 is 17.5 Å². The van der Waals surface area contributed by atoms with Crippen molar-refractivity contribution in [2.75, 3.05) is 23.4 Å². The third kappa shape index (κ3) is 3.40. The summed E-state index contributed by atoms with van der Waals surface area (Å²) >= 11 is 0. The zero-order valence-corrected chi connectivity index (χ0v) is 16.4. The molecular formula is C20H22N6O2. The van der Waals surface area contributed by atoms with Crippen molar-refractivity contribution in [2.24, 2.45) is 7.05 Å². The first-order chi connectivity index (χ1) is 13.4. The van der Waals surface area contributed by atoms with Gasteiger partial charge in [0.25, 0.3) is 0 Å². The molecule has 3 aromatic rings. The van der Waals surface area contributed by atoms with Crippen LogP contribution in [0.15, 0.2) is 30.3 Å². The molecule has 4 rings (SSSR count). The first kappa shape index (κ1) is 18.0. The summed E-state index contributed by atoms with van der Waals surface area (Å²) in [7, 11) is 1.87. The molecule has 8 heteroatoms. The molecule has 0 aromatic carbocycles. The Kier molecular flexibility index (Phi) is 4.46. The molecule has 0 aliphatic carbocycles. The summed E-state index contributed by atoms with van der Waals surface area (Å²) in [5, 5.41) is 7.32. The van der Waals surface area contributed by atoms with Crippen LogP contribution in [0.3, 0.4) is 0 Å². The third-order valence-electron chi connectivity index (χ3n) is 4.51. The monoisotopic (exact) mass is 378 g/mol. The summed E-state index contributed by atoms with van der Waals surface area (Å²) in [6.45, 7) is 6.57. The standard InChI is InChI=1S/C20H22N6O2/c1-12-9-15(10-13(2)21-12)22-20(27)26-7-8-28-18-6-5-16(23-19(18)26)17-11-14(3)24-25(17)4/h5-6,9-11H,7-8H2,1-4H3,(H,21,22,27). The smallest absolute Gasteiger partial charge is 0.327 e. The molecule has 3 aromatic heterocycles. The van der Waals surface area contributed by atoms with Gasteiger partial charge in [-0.05, 0) is 51.1 Å². The zero-order chi connectivity index (χ0) is 19.8. The minimum Gasteiger partial charge on any atom is -0.488 e. The zero-order valence-electron chi connectivity index (χ0n) is 16.4. The number of hydrogen-bond acceptors (Lipinski definition) is 5. The van der Waals surface area contributed by atoms with Crippen LogP contribution in [0.1, 0.15) is 17.1 Å². The van der Waals surface area contributed by atoms with Crippen molar-refractivity contribution in [3.63, 3.8) is 0 Å². The van der Waals surface area contributed by atoms with E-state index in [0.717, 1.165) is 28.5 Å². The summed E-state index contributed by atoms with van der Waals surface area (Å²) < 4.78 is 7.48. The van der Waals surface area contributed by atoms with Gasteiger partial charge in [0.05, 0.1) is 23.6 Å². The van der Waals surface area contributed by atoms with Crippen LogP contribution in [0, 0.1) is 20.8 Å². The molecule has 1 aliphatic heterocycles. The molecule has 28 heavy (non-hydrogen) atoms. The molecule has 0 saturated carbocycles. The molecule has 2 amide bonds. The number of pyridine rings is 2. The number of urea groups is 1. The van der Waals surface area contributed by atoms with E-state index in [-0.39, 0.29) is 6.03 Å².